The number of amides is 1. The SMILES string of the molecule is CSC1OC(C(NC(=O)C2CC[C@H](CCCN(C)CCC(C)C(F)(F)F)CCN2)C(C)Cl)C(O)C(O)C1=O. The van der Waals surface area contributed by atoms with Crippen LogP contribution in [0.3, 0.4) is 0 Å². The zero-order valence-corrected chi connectivity index (χ0v) is 24.1. The van der Waals surface area contributed by atoms with Crippen molar-refractivity contribution in [3.63, 3.8) is 0 Å². The van der Waals surface area contributed by atoms with Crippen LogP contribution < -0.4 is 10.6 Å². The van der Waals surface area contributed by atoms with Gasteiger partial charge in [-0.05, 0) is 84.3 Å². The van der Waals surface area contributed by atoms with Crippen molar-refractivity contribution in [2.45, 2.75) is 99.8 Å². The first-order valence-corrected chi connectivity index (χ1v) is 15.0. The topological polar surface area (TPSA) is 111 Å². The maximum atomic E-state index is 13.1. The molecule has 0 aromatic heterocycles. The number of ether oxygens (including phenoxy) is 1. The largest absolute Gasteiger partial charge is 0.391 e. The lowest BCUT2D eigenvalue weighted by molar-refractivity contribution is -0.175. The molecule has 0 saturated carbocycles. The minimum absolute atomic E-state index is 0.0855. The highest BCUT2D eigenvalue weighted by Crippen LogP contribution is 2.29. The third-order valence-corrected chi connectivity index (χ3v) is 8.66. The first-order valence-electron chi connectivity index (χ1n) is 13.3. The molecule has 8 nitrogen and oxygen atoms in total. The molecule has 222 valence electrons. The molecule has 0 spiro atoms. The number of carbonyl (C=O) groups excluding carboxylic acids is 2. The number of carbonyl (C=O) groups is 2. The van der Waals surface area contributed by atoms with Crippen LogP contribution in [0.15, 0.2) is 0 Å². The van der Waals surface area contributed by atoms with Gasteiger partial charge in [-0.15, -0.1) is 23.4 Å². The summed E-state index contributed by atoms with van der Waals surface area (Å²) in [7, 11) is 1.84. The summed E-state index contributed by atoms with van der Waals surface area (Å²) in [4.78, 5) is 27.2. The molecule has 0 aliphatic carbocycles. The van der Waals surface area contributed by atoms with E-state index in [9.17, 15) is 33.0 Å². The zero-order valence-electron chi connectivity index (χ0n) is 22.5. The molecule has 2 rings (SSSR count). The van der Waals surface area contributed by atoms with Gasteiger partial charge in [0.2, 0.25) is 11.7 Å². The predicted octanol–water partition coefficient (Wildman–Crippen LogP) is 2.54. The average Bonchev–Trinajstić information content (AvgIpc) is 3.10. The highest BCUT2D eigenvalue weighted by atomic mass is 35.5. The Morgan fingerprint density at radius 2 is 1.95 bits per heavy atom. The second-order valence-electron chi connectivity index (χ2n) is 10.6. The summed E-state index contributed by atoms with van der Waals surface area (Å²) in [5, 5.41) is 26.1. The molecule has 0 bridgehead atoms. The molecule has 2 aliphatic heterocycles. The molecule has 2 saturated heterocycles. The van der Waals surface area contributed by atoms with Crippen LogP contribution in [0.2, 0.25) is 0 Å². The lowest BCUT2D eigenvalue weighted by atomic mass is 9.92. The number of nitrogens with zero attached hydrogens (tertiary/aromatic N) is 1. The standard InChI is InChI=1S/C25H43ClF3N3O5S/c1-14(25(27,28)29)10-13-32(3)12-5-6-16-7-8-17(30-11-9-16)23(36)31-18(15(2)26)22-20(34)19(33)21(35)24(37-22)38-4/h14-20,22,24,30,33-34H,5-13H2,1-4H3,(H,31,36)/t14?,15?,16-,17?,18?,19?,20?,22?,24?/m0/s1. The Labute approximate surface area is 232 Å². The summed E-state index contributed by atoms with van der Waals surface area (Å²) < 4.78 is 43.8. The molecule has 0 radical (unpaired) electrons. The van der Waals surface area contributed by atoms with Crippen LogP contribution in [-0.4, -0.2) is 107 Å². The molecule has 0 aromatic carbocycles. The van der Waals surface area contributed by atoms with E-state index in [4.69, 9.17) is 16.3 Å². The quantitative estimate of drug-likeness (QED) is 0.257. The van der Waals surface area contributed by atoms with Crippen LogP contribution in [0.4, 0.5) is 13.2 Å². The van der Waals surface area contributed by atoms with Crippen molar-refractivity contribution in [1.29, 1.82) is 0 Å². The van der Waals surface area contributed by atoms with Crippen LogP contribution in [-0.2, 0) is 14.3 Å². The van der Waals surface area contributed by atoms with E-state index in [1.807, 2.05) is 11.9 Å². The van der Waals surface area contributed by atoms with Crippen molar-refractivity contribution in [2.24, 2.45) is 11.8 Å². The fourth-order valence-electron chi connectivity index (χ4n) is 4.93. The van der Waals surface area contributed by atoms with Gasteiger partial charge in [0.15, 0.2) is 5.44 Å². The number of ketones is 1. The van der Waals surface area contributed by atoms with E-state index in [2.05, 4.69) is 10.6 Å². The summed E-state index contributed by atoms with van der Waals surface area (Å²) in [6, 6.07) is -1.29. The first kappa shape index (κ1) is 33.6. The van der Waals surface area contributed by atoms with E-state index < -0.39 is 59.1 Å². The normalized spacial score (nSPS) is 31.5. The van der Waals surface area contributed by atoms with Gasteiger partial charge < -0.3 is 30.5 Å². The van der Waals surface area contributed by atoms with Crippen LogP contribution in [0.25, 0.3) is 0 Å². The van der Waals surface area contributed by atoms with Gasteiger partial charge >= 0.3 is 6.18 Å². The maximum Gasteiger partial charge on any atom is 0.391 e. The summed E-state index contributed by atoms with van der Waals surface area (Å²) in [6.07, 6.45) is -2.48. The summed E-state index contributed by atoms with van der Waals surface area (Å²) >= 11 is 7.44. The number of rotatable bonds is 12. The van der Waals surface area contributed by atoms with Crippen molar-refractivity contribution < 1.29 is 37.7 Å². The minimum atomic E-state index is -4.15. The Morgan fingerprint density at radius 1 is 1.26 bits per heavy atom. The number of aliphatic hydroxyl groups is 2. The molecule has 2 fully saturated rings. The predicted molar refractivity (Wildman–Crippen MR) is 142 cm³/mol. The van der Waals surface area contributed by atoms with Crippen molar-refractivity contribution in [3.05, 3.63) is 0 Å². The second-order valence-corrected chi connectivity index (χ2v) is 12.2. The first-order chi connectivity index (χ1) is 17.8. The number of alkyl halides is 4. The monoisotopic (exact) mass is 589 g/mol. The molecule has 38 heavy (non-hydrogen) atoms. The molecular formula is C25H43ClF3N3O5S. The molecule has 1 amide bonds. The number of Topliss-reactive ketones (excluding diaryl/α,β-unsaturated/α-hetero) is 1. The van der Waals surface area contributed by atoms with E-state index >= 15 is 0 Å². The lowest BCUT2D eigenvalue weighted by Gasteiger charge is -2.40. The molecule has 4 N–H and O–H groups in total. The summed E-state index contributed by atoms with van der Waals surface area (Å²) in [6.45, 7) is 4.63. The summed E-state index contributed by atoms with van der Waals surface area (Å²) in [5.74, 6) is -1.82. The fraction of sp³-hybridized carbons (Fsp3) is 0.920. The van der Waals surface area contributed by atoms with Crippen molar-refractivity contribution in [2.75, 3.05) is 32.9 Å². The Bertz CT molecular complexity index is 762. The number of thioether (sulfide) groups is 1. The third kappa shape index (κ3) is 9.78. The Balaban J connectivity index is 1.83. The van der Waals surface area contributed by atoms with E-state index in [0.29, 0.717) is 25.4 Å². The number of nitrogens with one attached hydrogen (secondary N) is 2. The second kappa shape index (κ2) is 15.4. The van der Waals surface area contributed by atoms with Gasteiger partial charge in [0.1, 0.15) is 18.3 Å². The van der Waals surface area contributed by atoms with E-state index in [0.717, 1.165) is 44.0 Å². The van der Waals surface area contributed by atoms with Crippen molar-refractivity contribution in [1.82, 2.24) is 15.5 Å². The van der Waals surface area contributed by atoms with E-state index in [-0.39, 0.29) is 12.3 Å². The van der Waals surface area contributed by atoms with Crippen molar-refractivity contribution >= 4 is 35.1 Å². The number of aliphatic hydroxyl groups excluding tert-OH is 2. The number of halogens is 4. The highest BCUT2D eigenvalue weighted by molar-refractivity contribution is 7.99. The average molecular weight is 590 g/mol. The molecule has 13 heteroatoms. The van der Waals surface area contributed by atoms with Crippen LogP contribution in [0, 0.1) is 11.8 Å². The minimum Gasteiger partial charge on any atom is -0.387 e. The molecule has 9 atom stereocenters. The highest BCUT2D eigenvalue weighted by Gasteiger charge is 2.48. The van der Waals surface area contributed by atoms with Crippen LogP contribution >= 0.6 is 23.4 Å². The van der Waals surface area contributed by atoms with Crippen LogP contribution in [0.1, 0.15) is 52.4 Å². The van der Waals surface area contributed by atoms with E-state index in [1.54, 1.807) is 13.2 Å². The Hall–Kier alpha value is -0.630. The molecular weight excluding hydrogens is 547 g/mol. The number of hydrogen-bond donors (Lipinski definition) is 4. The fourth-order valence-corrected chi connectivity index (χ4v) is 5.75. The molecule has 8 unspecified atom stereocenters. The molecule has 0 aromatic rings. The van der Waals surface area contributed by atoms with Crippen molar-refractivity contribution in [3.8, 4) is 0 Å². The maximum absolute atomic E-state index is 13.1. The van der Waals surface area contributed by atoms with Gasteiger partial charge in [0, 0.05) is 0 Å². The van der Waals surface area contributed by atoms with Crippen LogP contribution in [0.5, 0.6) is 0 Å². The smallest absolute Gasteiger partial charge is 0.387 e. The van der Waals surface area contributed by atoms with Gasteiger partial charge in [-0.2, -0.15) is 13.2 Å². The molecule has 2 aliphatic rings. The van der Waals surface area contributed by atoms with Gasteiger partial charge in [-0.25, -0.2) is 0 Å². The number of hydrogen-bond acceptors (Lipinski definition) is 8. The third-order valence-electron chi connectivity index (χ3n) is 7.61. The van der Waals surface area contributed by atoms with Gasteiger partial charge in [-0.1, -0.05) is 6.92 Å². The van der Waals surface area contributed by atoms with Gasteiger partial charge in [0.25, 0.3) is 0 Å². The Kier molecular flexibility index (Phi) is 13.6. The zero-order chi connectivity index (χ0) is 28.6. The Morgan fingerprint density at radius 3 is 2.55 bits per heavy atom. The van der Waals surface area contributed by atoms with Gasteiger partial charge in [0.05, 0.1) is 23.4 Å². The molecule has 2 heterocycles. The lowest BCUT2D eigenvalue weighted by Crippen LogP contribution is -2.64. The van der Waals surface area contributed by atoms with E-state index in [1.165, 1.54) is 6.92 Å². The van der Waals surface area contributed by atoms with Gasteiger partial charge in [-0.3, -0.25) is 9.59 Å². The summed E-state index contributed by atoms with van der Waals surface area (Å²) in [5.41, 5.74) is -0.961.